The molecule has 3 rings (SSSR count). The molecule has 2 aromatic heterocycles. The van der Waals surface area contributed by atoms with Crippen LogP contribution in [0.25, 0.3) is 11.5 Å². The Bertz CT molecular complexity index is 637. The molecular weight excluding hydrogens is 240 g/mol. The standard InChI is InChI=1S/C14H18N4O/c1-9(2)5-10-6-13(19)17-14(16-10)12-7-15-8-18(12)11-3-4-11/h6-9,11H,3-5H2,1-2H3,(H,16,17,19). The number of nitrogens with one attached hydrogen (secondary N) is 1. The summed E-state index contributed by atoms with van der Waals surface area (Å²) in [6, 6.07) is 2.11. The summed E-state index contributed by atoms with van der Waals surface area (Å²) in [6.07, 6.45) is 6.77. The van der Waals surface area contributed by atoms with Crippen LogP contribution in [0.2, 0.25) is 0 Å². The molecule has 0 unspecified atom stereocenters. The van der Waals surface area contributed by atoms with Crippen LogP contribution in [0, 0.1) is 5.92 Å². The number of rotatable bonds is 4. The van der Waals surface area contributed by atoms with Gasteiger partial charge in [-0.15, -0.1) is 0 Å². The molecule has 0 spiro atoms. The van der Waals surface area contributed by atoms with Crippen molar-refractivity contribution in [2.75, 3.05) is 0 Å². The van der Waals surface area contributed by atoms with Crippen LogP contribution >= 0.6 is 0 Å². The van der Waals surface area contributed by atoms with E-state index in [4.69, 9.17) is 0 Å². The minimum absolute atomic E-state index is 0.0933. The monoisotopic (exact) mass is 258 g/mol. The molecule has 1 saturated carbocycles. The Morgan fingerprint density at radius 2 is 2.26 bits per heavy atom. The molecule has 0 aliphatic heterocycles. The second-order valence-electron chi connectivity index (χ2n) is 5.60. The Morgan fingerprint density at radius 3 is 2.95 bits per heavy atom. The molecule has 0 amide bonds. The van der Waals surface area contributed by atoms with Crippen molar-refractivity contribution in [1.82, 2.24) is 19.5 Å². The van der Waals surface area contributed by atoms with Gasteiger partial charge in [0.25, 0.3) is 5.56 Å². The number of H-pyrrole nitrogens is 1. The zero-order valence-corrected chi connectivity index (χ0v) is 11.3. The van der Waals surface area contributed by atoms with Gasteiger partial charge in [-0.1, -0.05) is 13.8 Å². The largest absolute Gasteiger partial charge is 0.325 e. The van der Waals surface area contributed by atoms with Crippen molar-refractivity contribution in [2.45, 2.75) is 39.2 Å². The van der Waals surface area contributed by atoms with E-state index < -0.39 is 0 Å². The van der Waals surface area contributed by atoms with Crippen LogP contribution in [0.4, 0.5) is 0 Å². The third-order valence-corrected chi connectivity index (χ3v) is 3.26. The second kappa shape index (κ2) is 4.64. The Balaban J connectivity index is 2.01. The minimum atomic E-state index is -0.0933. The molecule has 2 aromatic rings. The van der Waals surface area contributed by atoms with Crippen molar-refractivity contribution >= 4 is 0 Å². The smallest absolute Gasteiger partial charge is 0.251 e. The molecule has 1 aliphatic carbocycles. The minimum Gasteiger partial charge on any atom is -0.325 e. The Hall–Kier alpha value is -1.91. The second-order valence-corrected chi connectivity index (χ2v) is 5.60. The molecular formula is C14H18N4O. The van der Waals surface area contributed by atoms with Crippen LogP contribution < -0.4 is 5.56 Å². The topological polar surface area (TPSA) is 63.6 Å². The number of imidazole rings is 1. The van der Waals surface area contributed by atoms with E-state index in [2.05, 4.69) is 33.4 Å². The van der Waals surface area contributed by atoms with E-state index >= 15 is 0 Å². The Labute approximate surface area is 111 Å². The maximum atomic E-state index is 11.8. The predicted molar refractivity (Wildman–Crippen MR) is 72.9 cm³/mol. The van der Waals surface area contributed by atoms with Gasteiger partial charge in [-0.05, 0) is 25.2 Å². The first-order chi connectivity index (χ1) is 9.13. The van der Waals surface area contributed by atoms with Gasteiger partial charge < -0.3 is 9.55 Å². The lowest BCUT2D eigenvalue weighted by molar-refractivity contribution is 0.633. The van der Waals surface area contributed by atoms with Gasteiger partial charge in [0.05, 0.1) is 12.5 Å². The van der Waals surface area contributed by atoms with Crippen LogP contribution in [0.3, 0.4) is 0 Å². The molecule has 2 heterocycles. The maximum Gasteiger partial charge on any atom is 0.251 e. The van der Waals surface area contributed by atoms with E-state index in [0.717, 1.165) is 17.8 Å². The molecule has 1 fully saturated rings. The predicted octanol–water partition coefficient (Wildman–Crippen LogP) is 2.17. The average Bonchev–Trinajstić information content (AvgIpc) is 3.05. The van der Waals surface area contributed by atoms with E-state index in [1.807, 2.05) is 6.33 Å². The van der Waals surface area contributed by atoms with E-state index in [-0.39, 0.29) is 5.56 Å². The van der Waals surface area contributed by atoms with Gasteiger partial charge in [-0.2, -0.15) is 0 Å². The number of aromatic nitrogens is 4. The van der Waals surface area contributed by atoms with Crippen molar-refractivity contribution in [3.05, 3.63) is 34.6 Å². The lowest BCUT2D eigenvalue weighted by Gasteiger charge is -2.08. The third kappa shape index (κ3) is 2.59. The molecule has 1 aliphatic rings. The summed E-state index contributed by atoms with van der Waals surface area (Å²) >= 11 is 0. The first-order valence-corrected chi connectivity index (χ1v) is 6.76. The molecule has 5 heteroatoms. The quantitative estimate of drug-likeness (QED) is 0.914. The molecule has 0 bridgehead atoms. The molecule has 0 aromatic carbocycles. The molecule has 1 N–H and O–H groups in total. The van der Waals surface area contributed by atoms with Crippen molar-refractivity contribution in [3.8, 4) is 11.5 Å². The van der Waals surface area contributed by atoms with Gasteiger partial charge in [0.2, 0.25) is 0 Å². The highest BCUT2D eigenvalue weighted by Crippen LogP contribution is 2.37. The fourth-order valence-corrected chi connectivity index (χ4v) is 2.28. The summed E-state index contributed by atoms with van der Waals surface area (Å²) in [4.78, 5) is 23.3. The van der Waals surface area contributed by atoms with Crippen molar-refractivity contribution in [1.29, 1.82) is 0 Å². The summed E-state index contributed by atoms with van der Waals surface area (Å²) in [5, 5.41) is 0. The number of nitrogens with zero attached hydrogens (tertiary/aromatic N) is 3. The summed E-state index contributed by atoms with van der Waals surface area (Å²) in [5.74, 6) is 1.11. The highest BCUT2D eigenvalue weighted by Gasteiger charge is 2.26. The van der Waals surface area contributed by atoms with E-state index in [1.165, 1.54) is 12.8 Å². The van der Waals surface area contributed by atoms with Crippen LogP contribution in [-0.2, 0) is 6.42 Å². The summed E-state index contributed by atoms with van der Waals surface area (Å²) in [6.45, 7) is 4.24. The summed E-state index contributed by atoms with van der Waals surface area (Å²) in [7, 11) is 0. The van der Waals surface area contributed by atoms with Gasteiger partial charge in [0, 0.05) is 17.8 Å². The van der Waals surface area contributed by atoms with Crippen molar-refractivity contribution in [3.63, 3.8) is 0 Å². The summed E-state index contributed by atoms with van der Waals surface area (Å²) < 4.78 is 2.11. The lowest BCUT2D eigenvalue weighted by atomic mass is 10.1. The first kappa shape index (κ1) is 12.1. The zero-order chi connectivity index (χ0) is 13.4. The molecule has 19 heavy (non-hydrogen) atoms. The highest BCUT2D eigenvalue weighted by atomic mass is 16.1. The SMILES string of the molecule is CC(C)Cc1cc(=O)[nH]c(-c2cncn2C2CC2)n1. The van der Waals surface area contributed by atoms with Gasteiger partial charge in [-0.25, -0.2) is 9.97 Å². The number of hydrogen-bond acceptors (Lipinski definition) is 3. The molecule has 100 valence electrons. The van der Waals surface area contributed by atoms with Gasteiger partial charge >= 0.3 is 0 Å². The number of hydrogen-bond donors (Lipinski definition) is 1. The molecule has 0 radical (unpaired) electrons. The molecule has 0 saturated heterocycles. The van der Waals surface area contributed by atoms with Gasteiger partial charge in [-0.3, -0.25) is 4.79 Å². The average molecular weight is 258 g/mol. The fraction of sp³-hybridized carbons (Fsp3) is 0.500. The zero-order valence-electron chi connectivity index (χ0n) is 11.3. The Morgan fingerprint density at radius 1 is 1.47 bits per heavy atom. The van der Waals surface area contributed by atoms with Crippen molar-refractivity contribution in [2.24, 2.45) is 5.92 Å². The van der Waals surface area contributed by atoms with Gasteiger partial charge in [0.15, 0.2) is 5.82 Å². The Kier molecular flexibility index (Phi) is 2.97. The summed E-state index contributed by atoms with van der Waals surface area (Å²) in [5.41, 5.74) is 1.66. The van der Waals surface area contributed by atoms with Crippen LogP contribution in [-0.4, -0.2) is 19.5 Å². The maximum absolute atomic E-state index is 11.8. The highest BCUT2D eigenvalue weighted by molar-refractivity contribution is 5.49. The number of aromatic amines is 1. The van der Waals surface area contributed by atoms with Crippen LogP contribution in [0.15, 0.2) is 23.4 Å². The third-order valence-electron chi connectivity index (χ3n) is 3.26. The van der Waals surface area contributed by atoms with Crippen molar-refractivity contribution < 1.29 is 0 Å². The van der Waals surface area contributed by atoms with E-state index in [1.54, 1.807) is 12.3 Å². The van der Waals surface area contributed by atoms with E-state index in [0.29, 0.717) is 17.8 Å². The molecule has 5 nitrogen and oxygen atoms in total. The molecule has 0 atom stereocenters. The van der Waals surface area contributed by atoms with Gasteiger partial charge in [0.1, 0.15) is 5.69 Å². The normalized spacial score (nSPS) is 15.1. The van der Waals surface area contributed by atoms with Crippen LogP contribution in [0.1, 0.15) is 38.4 Å². The lowest BCUT2D eigenvalue weighted by Crippen LogP contribution is -2.13. The van der Waals surface area contributed by atoms with E-state index in [9.17, 15) is 4.79 Å². The van der Waals surface area contributed by atoms with Crippen LogP contribution in [0.5, 0.6) is 0 Å². The fourth-order valence-electron chi connectivity index (χ4n) is 2.28. The first-order valence-electron chi connectivity index (χ1n) is 6.76.